The van der Waals surface area contributed by atoms with Crippen LogP contribution in [0.2, 0.25) is 0 Å². The molecule has 0 radical (unpaired) electrons. The zero-order valence-corrected chi connectivity index (χ0v) is 49.4. The average Bonchev–Trinajstić information content (AvgIpc) is 0.641. The molecule has 0 aromatic heterocycles. The van der Waals surface area contributed by atoms with E-state index in [1.54, 1.807) is 0 Å². The highest BCUT2D eigenvalue weighted by Gasteiger charge is 3.02. The van der Waals surface area contributed by atoms with Crippen molar-refractivity contribution in [3.8, 4) is 0 Å². The summed E-state index contributed by atoms with van der Waals surface area (Å²) in [6, 6.07) is 133. The molecule has 0 aliphatic heterocycles. The van der Waals surface area contributed by atoms with E-state index >= 15 is 9.90 Å². The molecule has 0 saturated heterocycles. The van der Waals surface area contributed by atoms with Crippen LogP contribution in [-0.4, -0.2) is 20.9 Å². The lowest BCUT2D eigenvalue weighted by atomic mass is 10.3. The van der Waals surface area contributed by atoms with E-state index in [9.17, 15) is 0 Å². The van der Waals surface area contributed by atoms with E-state index in [2.05, 4.69) is 371 Å². The predicted octanol–water partition coefficient (Wildman–Crippen LogP) is 13.5. The summed E-state index contributed by atoms with van der Waals surface area (Å²) in [6.07, 6.45) is 0. The number of rotatable bonds is 18. The number of carboxylic acids is 1. The van der Waals surface area contributed by atoms with Crippen molar-refractivity contribution < 1.29 is 9.90 Å². The maximum atomic E-state index is 19.0. The van der Waals surface area contributed by atoms with Gasteiger partial charge in [0.1, 0.15) is 63.7 Å². The molecule has 6 heteroatoms. The third-order valence-electron chi connectivity index (χ3n) is 17.0. The minimum atomic E-state index is -4.00. The zero-order valence-electron chi connectivity index (χ0n) is 45.8. The lowest BCUT2D eigenvalue weighted by Crippen LogP contribution is -2.74. The molecular formula is C76H64O2P4+4. The van der Waals surface area contributed by atoms with Crippen LogP contribution in [0.15, 0.2) is 364 Å². The summed E-state index contributed by atoms with van der Waals surface area (Å²) < 4.78 is 0. The Hall–Kier alpha value is -8.17. The van der Waals surface area contributed by atoms with Gasteiger partial charge in [-0.25, -0.2) is 4.79 Å². The number of carboxylic acid groups (broad SMARTS) is 1. The smallest absolute Gasteiger partial charge is 0.398 e. The molecule has 0 unspecified atom stereocenters. The molecular weight excluding hydrogens is 1070 g/mol. The van der Waals surface area contributed by atoms with E-state index in [1.807, 2.05) is 0 Å². The van der Waals surface area contributed by atoms with Gasteiger partial charge in [-0.05, 0) is 146 Å². The van der Waals surface area contributed by atoms with Crippen LogP contribution in [-0.2, 0) is 4.79 Å². The fourth-order valence-electron chi connectivity index (χ4n) is 14.3. The second kappa shape index (κ2) is 23.4. The number of carbonyl (C=O) groups is 1. The normalized spacial score (nSPS) is 12.3. The molecule has 12 rings (SSSR count). The molecule has 1 N–H and O–H groups in total. The highest BCUT2D eigenvalue weighted by atomic mass is 31.2. The second-order valence-corrected chi connectivity index (χ2v) is 36.1. The molecule has 0 bridgehead atoms. The van der Waals surface area contributed by atoms with Crippen molar-refractivity contribution in [1.29, 1.82) is 0 Å². The van der Waals surface area contributed by atoms with Gasteiger partial charge in [0.15, 0.2) is 29.0 Å². The molecule has 0 heterocycles. The van der Waals surface area contributed by atoms with Gasteiger partial charge in [0.25, 0.3) is 4.90 Å². The first kappa shape index (κ1) is 54.4. The van der Waals surface area contributed by atoms with Crippen molar-refractivity contribution in [1.82, 2.24) is 0 Å². The molecule has 12 aromatic rings. The molecule has 0 spiro atoms. The summed E-state index contributed by atoms with van der Waals surface area (Å²) in [5.41, 5.74) is 0. The van der Waals surface area contributed by atoms with Crippen molar-refractivity contribution in [2.75, 3.05) is 0 Å². The van der Waals surface area contributed by atoms with Gasteiger partial charge < -0.3 is 5.11 Å². The summed E-state index contributed by atoms with van der Waals surface area (Å²) in [4.78, 5) is 15.5. The van der Waals surface area contributed by atoms with Gasteiger partial charge >= 0.3 is 10.9 Å². The van der Waals surface area contributed by atoms with Crippen molar-refractivity contribution in [2.45, 2.75) is 16.7 Å². The molecule has 0 aliphatic rings. The van der Waals surface area contributed by atoms with Crippen molar-refractivity contribution in [2.24, 2.45) is 0 Å². The molecule has 12 aromatic carbocycles. The Balaban J connectivity index is 1.60. The van der Waals surface area contributed by atoms with Gasteiger partial charge in [-0.15, -0.1) is 0 Å². The Morgan fingerprint density at radius 1 is 0.220 bits per heavy atom. The van der Waals surface area contributed by atoms with Crippen LogP contribution in [0, 0.1) is 0 Å². The SMILES string of the molecule is CC(C(C(=O)O)([P+](c1ccccc1)(c1ccccc1)c1ccccc1)[P+](c1ccccc1)(c1ccccc1)c1ccccc1)([P+](c1ccccc1)(c1ccccc1)c1ccccc1)[P+](c1ccccc1)(c1ccccc1)c1ccccc1. The van der Waals surface area contributed by atoms with Gasteiger partial charge in [-0.2, -0.15) is 0 Å². The van der Waals surface area contributed by atoms with Crippen LogP contribution in [0.3, 0.4) is 0 Å². The molecule has 396 valence electrons. The van der Waals surface area contributed by atoms with E-state index in [0.29, 0.717) is 0 Å². The standard InChI is InChI=1S/C76H63O2P4/c1-75(79(62-38-14-2-15-39-62,63-40-16-3-17-41-63)64-42-18-4-19-43-64,80(65-44-20-5-21-45-65,66-46-22-6-23-47-66)67-48-24-7-25-49-67)76(74(77)78,81(68-50-26-8-27-51-68,69-52-28-9-29-53-69)70-54-30-10-31-55-70)82(71-56-32-11-33-57-71,72-58-34-12-35-59-72)73-60-36-13-37-61-73/h2-61H,1H3/q+3/p+1. The Morgan fingerprint density at radius 3 is 0.439 bits per heavy atom. The van der Waals surface area contributed by atoms with E-state index in [4.69, 9.17) is 0 Å². The topological polar surface area (TPSA) is 37.3 Å². The van der Waals surface area contributed by atoms with Crippen LogP contribution in [0.5, 0.6) is 0 Å². The Bertz CT molecular complexity index is 3340. The molecule has 2 nitrogen and oxygen atoms in total. The third-order valence-corrected chi connectivity index (χ3v) is 40.6. The number of benzene rings is 12. The van der Waals surface area contributed by atoms with Crippen molar-refractivity contribution in [3.05, 3.63) is 364 Å². The lowest BCUT2D eigenvalue weighted by Gasteiger charge is -2.58. The van der Waals surface area contributed by atoms with Gasteiger partial charge in [-0.3, -0.25) is 0 Å². The lowest BCUT2D eigenvalue weighted by molar-refractivity contribution is -0.137. The molecule has 0 atom stereocenters. The van der Waals surface area contributed by atoms with Crippen LogP contribution < -0.4 is 63.7 Å². The summed E-state index contributed by atoms with van der Waals surface area (Å²) in [7, 11) is -15.5. The first-order chi connectivity index (χ1) is 40.5. The first-order valence-electron chi connectivity index (χ1n) is 27.9. The third kappa shape index (κ3) is 8.11. The number of hydrogen-bond donors (Lipinski definition) is 1. The molecule has 0 aliphatic carbocycles. The highest BCUT2D eigenvalue weighted by Crippen LogP contribution is 2.99. The van der Waals surface area contributed by atoms with E-state index in [-0.39, 0.29) is 0 Å². The zero-order chi connectivity index (χ0) is 55.9. The fourth-order valence-corrected chi connectivity index (χ4v) is 44.9. The summed E-state index contributed by atoms with van der Waals surface area (Å²) in [6.45, 7) is 2.55. The Kier molecular flexibility index (Phi) is 15.5. The van der Waals surface area contributed by atoms with Crippen molar-refractivity contribution >= 4 is 98.7 Å². The molecule has 0 saturated carbocycles. The monoisotopic (exact) mass is 1130 g/mol. The fraction of sp³-hybridized carbons (Fsp3) is 0.0395. The van der Waals surface area contributed by atoms with Gasteiger partial charge in [-0.1, -0.05) is 218 Å². The predicted molar refractivity (Wildman–Crippen MR) is 359 cm³/mol. The largest absolute Gasteiger partial charge is 0.475 e. The number of hydrogen-bond acceptors (Lipinski definition) is 1. The highest BCUT2D eigenvalue weighted by molar-refractivity contribution is 8.19. The first-order valence-corrected chi connectivity index (χ1v) is 35.1. The Labute approximate surface area is 486 Å². The van der Waals surface area contributed by atoms with Crippen molar-refractivity contribution in [3.63, 3.8) is 0 Å². The second-order valence-electron chi connectivity index (χ2n) is 20.7. The maximum Gasteiger partial charge on any atom is 0.398 e. The summed E-state index contributed by atoms with van der Waals surface area (Å²) in [5, 5.41) is 27.9. The van der Waals surface area contributed by atoms with Gasteiger partial charge in [0.05, 0.1) is 0 Å². The average molecular weight is 1130 g/mol. The quantitative estimate of drug-likeness (QED) is 0.0870. The minimum absolute atomic E-state index is 0.857. The maximum absolute atomic E-state index is 19.0. The van der Waals surface area contributed by atoms with E-state index in [0.717, 1.165) is 63.7 Å². The molecule has 0 fully saturated rings. The van der Waals surface area contributed by atoms with Gasteiger partial charge in [0.2, 0.25) is 0 Å². The molecule has 0 amide bonds. The van der Waals surface area contributed by atoms with Crippen LogP contribution in [0.25, 0.3) is 0 Å². The Morgan fingerprint density at radius 2 is 0.329 bits per heavy atom. The number of aliphatic carboxylic acids is 1. The summed E-state index contributed by atoms with van der Waals surface area (Å²) in [5.74, 6) is -0.857. The molecule has 82 heavy (non-hydrogen) atoms. The van der Waals surface area contributed by atoms with E-state index in [1.165, 1.54) is 0 Å². The van der Waals surface area contributed by atoms with Gasteiger partial charge in [0, 0.05) is 6.92 Å². The summed E-state index contributed by atoms with van der Waals surface area (Å²) >= 11 is 0. The minimum Gasteiger partial charge on any atom is -0.475 e. The van der Waals surface area contributed by atoms with Crippen LogP contribution in [0.4, 0.5) is 0 Å². The van der Waals surface area contributed by atoms with Crippen LogP contribution >= 0.6 is 29.0 Å². The van der Waals surface area contributed by atoms with E-state index < -0.39 is 44.8 Å². The van der Waals surface area contributed by atoms with Crippen LogP contribution in [0.1, 0.15) is 6.92 Å².